The van der Waals surface area contributed by atoms with E-state index in [0.717, 1.165) is 30.5 Å². The SMILES string of the molecule is C=C1/C=C\C=C/N(c2ccc(C3=CC4=C(CC3)c3ccc(C5=CC6=C(C=CCC6)CC5)cc3C43CCCCC3)cc2)c2ccccc21. The normalized spacial score (nSPS) is 22.5. The fourth-order valence-corrected chi connectivity index (χ4v) is 9.32. The van der Waals surface area contributed by atoms with Crippen LogP contribution in [0.15, 0.2) is 139 Å². The van der Waals surface area contributed by atoms with Crippen molar-refractivity contribution < 1.29 is 0 Å². The molecule has 1 heteroatoms. The summed E-state index contributed by atoms with van der Waals surface area (Å²) >= 11 is 0. The van der Waals surface area contributed by atoms with Crippen LogP contribution in [-0.2, 0) is 5.41 Å². The van der Waals surface area contributed by atoms with Crippen molar-refractivity contribution in [2.24, 2.45) is 0 Å². The van der Waals surface area contributed by atoms with E-state index in [1.807, 2.05) is 0 Å². The molecule has 47 heavy (non-hydrogen) atoms. The van der Waals surface area contributed by atoms with Crippen molar-refractivity contribution in [1.29, 1.82) is 0 Å². The average Bonchev–Trinajstić information content (AvgIpc) is 3.38. The van der Waals surface area contributed by atoms with Crippen molar-refractivity contribution in [2.75, 3.05) is 4.90 Å². The van der Waals surface area contributed by atoms with Gasteiger partial charge < -0.3 is 4.90 Å². The van der Waals surface area contributed by atoms with Crippen molar-refractivity contribution in [2.45, 2.75) is 76.0 Å². The van der Waals surface area contributed by atoms with Crippen LogP contribution in [0.2, 0.25) is 0 Å². The largest absolute Gasteiger partial charge is 0.317 e. The van der Waals surface area contributed by atoms with Crippen molar-refractivity contribution in [3.8, 4) is 0 Å². The van der Waals surface area contributed by atoms with Gasteiger partial charge >= 0.3 is 0 Å². The van der Waals surface area contributed by atoms with Gasteiger partial charge in [-0.05, 0) is 143 Å². The predicted molar refractivity (Wildman–Crippen MR) is 200 cm³/mol. The number of nitrogens with zero attached hydrogens (tertiary/aromatic N) is 1. The first-order valence-corrected chi connectivity index (χ1v) is 17.9. The number of hydrogen-bond acceptors (Lipinski definition) is 1. The Balaban J connectivity index is 1.06. The molecule has 0 aromatic heterocycles. The maximum absolute atomic E-state index is 4.32. The highest BCUT2D eigenvalue weighted by molar-refractivity contribution is 5.91. The minimum absolute atomic E-state index is 0.173. The highest BCUT2D eigenvalue weighted by Crippen LogP contribution is 2.58. The van der Waals surface area contributed by atoms with E-state index in [0.29, 0.717) is 0 Å². The van der Waals surface area contributed by atoms with Gasteiger partial charge in [-0.25, -0.2) is 0 Å². The van der Waals surface area contributed by atoms with E-state index in [-0.39, 0.29) is 5.41 Å². The van der Waals surface area contributed by atoms with Gasteiger partial charge in [-0.1, -0.05) is 105 Å². The van der Waals surface area contributed by atoms with E-state index in [9.17, 15) is 0 Å². The smallest absolute Gasteiger partial charge is 0.0533 e. The number of fused-ring (bicyclic) bond motifs is 5. The Kier molecular flexibility index (Phi) is 7.04. The molecule has 1 nitrogen and oxygen atoms in total. The standard InChI is InChI=1S/C46H43N/c1-32-11-7-10-28-47(45-15-6-5-14-40(32)45)39-22-18-34(19-23-39)37-20-24-41-42-25-21-38(36-17-16-33-12-3-4-13-35(33)29-36)31-44(42)46(43(41)30-37)26-8-2-9-27-46/h3,5-7,10-12,14-15,18-19,21-23,25,28-31H,1-2,4,8-9,13,16-17,20,24,26-27H2/b11-7-,28-10-. The summed E-state index contributed by atoms with van der Waals surface area (Å²) in [4.78, 5) is 2.29. The van der Waals surface area contributed by atoms with Crippen LogP contribution in [0.1, 0.15) is 98.4 Å². The lowest BCUT2D eigenvalue weighted by atomic mass is 9.65. The van der Waals surface area contributed by atoms with Gasteiger partial charge in [0.15, 0.2) is 0 Å². The first-order valence-electron chi connectivity index (χ1n) is 17.9. The first kappa shape index (κ1) is 28.6. The van der Waals surface area contributed by atoms with Gasteiger partial charge in [-0.15, -0.1) is 0 Å². The Labute approximate surface area is 280 Å². The summed E-state index contributed by atoms with van der Waals surface area (Å²) in [6, 6.07) is 25.4. The molecule has 0 bridgehead atoms. The quantitative estimate of drug-likeness (QED) is 0.285. The summed E-state index contributed by atoms with van der Waals surface area (Å²) in [5.74, 6) is 0. The molecule has 0 N–H and O–H groups in total. The van der Waals surface area contributed by atoms with Crippen LogP contribution < -0.4 is 4.90 Å². The van der Waals surface area contributed by atoms with Gasteiger partial charge in [-0.2, -0.15) is 0 Å². The van der Waals surface area contributed by atoms with Gasteiger partial charge in [0.1, 0.15) is 0 Å². The molecule has 1 aliphatic heterocycles. The Morgan fingerprint density at radius 2 is 1.47 bits per heavy atom. The third-order valence-electron chi connectivity index (χ3n) is 11.7. The number of hydrogen-bond donors (Lipinski definition) is 0. The van der Waals surface area contributed by atoms with Crippen molar-refractivity contribution in [3.05, 3.63) is 167 Å². The summed E-state index contributed by atoms with van der Waals surface area (Å²) in [6.07, 6.45) is 31.9. The zero-order valence-electron chi connectivity index (χ0n) is 27.4. The second kappa shape index (κ2) is 11.6. The number of para-hydroxylation sites is 1. The lowest BCUT2D eigenvalue weighted by Crippen LogP contribution is -2.29. The van der Waals surface area contributed by atoms with E-state index >= 15 is 0 Å². The van der Waals surface area contributed by atoms with Crippen LogP contribution in [0.5, 0.6) is 0 Å². The summed E-state index contributed by atoms with van der Waals surface area (Å²) in [6.45, 7) is 4.32. The molecule has 3 aromatic rings. The fraction of sp³-hybridized carbons (Fsp3) is 0.261. The van der Waals surface area contributed by atoms with Gasteiger partial charge in [0, 0.05) is 22.9 Å². The molecule has 0 radical (unpaired) electrons. The van der Waals surface area contributed by atoms with Gasteiger partial charge in [0.05, 0.1) is 5.69 Å². The minimum Gasteiger partial charge on any atom is -0.317 e. The first-order chi connectivity index (χ1) is 23.2. The third kappa shape index (κ3) is 4.82. The van der Waals surface area contributed by atoms with E-state index < -0.39 is 0 Å². The molecule has 1 fully saturated rings. The van der Waals surface area contributed by atoms with Crippen LogP contribution in [-0.4, -0.2) is 0 Å². The molecule has 3 aromatic carbocycles. The summed E-state index contributed by atoms with van der Waals surface area (Å²) < 4.78 is 0. The van der Waals surface area contributed by atoms with E-state index in [1.165, 1.54) is 79.3 Å². The van der Waals surface area contributed by atoms with Crippen LogP contribution in [0.25, 0.3) is 22.3 Å². The van der Waals surface area contributed by atoms with Crippen LogP contribution in [0.3, 0.4) is 0 Å². The van der Waals surface area contributed by atoms with Crippen LogP contribution in [0, 0.1) is 0 Å². The number of rotatable bonds is 3. The van der Waals surface area contributed by atoms with E-state index in [2.05, 4.69) is 127 Å². The van der Waals surface area contributed by atoms with Gasteiger partial charge in [0.2, 0.25) is 0 Å². The van der Waals surface area contributed by atoms with E-state index in [4.69, 9.17) is 0 Å². The molecule has 232 valence electrons. The Hall–Kier alpha value is -4.62. The van der Waals surface area contributed by atoms with Crippen LogP contribution >= 0.6 is 0 Å². The maximum atomic E-state index is 4.32. The highest BCUT2D eigenvalue weighted by atomic mass is 15.1. The monoisotopic (exact) mass is 609 g/mol. The molecule has 1 heterocycles. The zero-order chi connectivity index (χ0) is 31.4. The molecule has 0 amide bonds. The lowest BCUT2D eigenvalue weighted by molar-refractivity contribution is 0.350. The third-order valence-corrected chi connectivity index (χ3v) is 11.7. The molecule has 0 unspecified atom stereocenters. The van der Waals surface area contributed by atoms with Crippen molar-refractivity contribution in [3.63, 3.8) is 0 Å². The van der Waals surface area contributed by atoms with E-state index in [1.54, 1.807) is 39.0 Å². The number of anilines is 2. The highest BCUT2D eigenvalue weighted by Gasteiger charge is 2.45. The molecular formula is C46H43N. The molecule has 9 rings (SSSR count). The molecule has 5 aliphatic carbocycles. The lowest BCUT2D eigenvalue weighted by Gasteiger charge is -2.38. The Morgan fingerprint density at radius 1 is 0.660 bits per heavy atom. The van der Waals surface area contributed by atoms with Gasteiger partial charge in [0.25, 0.3) is 0 Å². The molecule has 0 atom stereocenters. The molecule has 1 saturated carbocycles. The topological polar surface area (TPSA) is 3.24 Å². The second-order valence-corrected chi connectivity index (χ2v) is 14.3. The fourth-order valence-electron chi connectivity index (χ4n) is 9.32. The minimum atomic E-state index is 0.173. The molecular weight excluding hydrogens is 567 g/mol. The Bertz CT molecular complexity index is 2010. The second-order valence-electron chi connectivity index (χ2n) is 14.3. The summed E-state index contributed by atoms with van der Waals surface area (Å²) in [7, 11) is 0. The Morgan fingerprint density at radius 3 is 2.36 bits per heavy atom. The van der Waals surface area contributed by atoms with Crippen molar-refractivity contribution >= 4 is 33.7 Å². The van der Waals surface area contributed by atoms with Gasteiger partial charge in [-0.3, -0.25) is 0 Å². The molecule has 0 saturated heterocycles. The zero-order valence-corrected chi connectivity index (χ0v) is 27.4. The average molecular weight is 610 g/mol. The maximum Gasteiger partial charge on any atom is 0.0533 e. The summed E-state index contributed by atoms with van der Waals surface area (Å²) in [5.41, 5.74) is 20.2. The van der Waals surface area contributed by atoms with Crippen LogP contribution in [0.4, 0.5) is 11.4 Å². The predicted octanol–water partition coefficient (Wildman–Crippen LogP) is 12.6. The number of benzene rings is 3. The molecule has 1 spiro atoms. The number of allylic oxidation sites excluding steroid dienone is 14. The summed E-state index contributed by atoms with van der Waals surface area (Å²) in [5, 5.41) is 0. The van der Waals surface area contributed by atoms with Crippen molar-refractivity contribution in [1.82, 2.24) is 0 Å². The molecule has 6 aliphatic rings.